The molecule has 0 aliphatic carbocycles. The van der Waals surface area contributed by atoms with Gasteiger partial charge in [0.2, 0.25) is 0 Å². The lowest BCUT2D eigenvalue weighted by Crippen LogP contribution is -2.50. The normalized spacial score (nSPS) is 22.1. The molecule has 1 aromatic carbocycles. The molecule has 5 nitrogen and oxygen atoms in total. The van der Waals surface area contributed by atoms with Gasteiger partial charge >= 0.3 is 6.61 Å². The maximum atomic E-state index is 12.5. The van der Waals surface area contributed by atoms with Crippen LogP contribution in [0.5, 0.6) is 5.75 Å². The molecule has 24 heavy (non-hydrogen) atoms. The number of halogens is 2. The Morgan fingerprint density at radius 3 is 2.75 bits per heavy atom. The third-order valence-electron chi connectivity index (χ3n) is 4.45. The summed E-state index contributed by atoms with van der Waals surface area (Å²) in [5.41, 5.74) is 0.376. The number of benzene rings is 1. The lowest BCUT2D eigenvalue weighted by molar-refractivity contribution is -0.0499. The Kier molecular flexibility index (Phi) is 5.63. The number of piperazine rings is 1. The molecule has 1 unspecified atom stereocenters. The summed E-state index contributed by atoms with van der Waals surface area (Å²) >= 11 is 0. The predicted molar refractivity (Wildman–Crippen MR) is 84.4 cm³/mol. The van der Waals surface area contributed by atoms with Gasteiger partial charge in [-0.1, -0.05) is 6.07 Å². The van der Waals surface area contributed by atoms with Crippen LogP contribution in [0.4, 0.5) is 8.78 Å². The van der Waals surface area contributed by atoms with Crippen molar-refractivity contribution >= 4 is 5.91 Å². The molecule has 2 heterocycles. The minimum absolute atomic E-state index is 0.00729. The molecule has 7 heteroatoms. The molecular weight excluding hydrogens is 318 g/mol. The summed E-state index contributed by atoms with van der Waals surface area (Å²) in [6.45, 7) is 1.74. The van der Waals surface area contributed by atoms with Crippen LogP contribution in [0.3, 0.4) is 0 Å². The van der Waals surface area contributed by atoms with Gasteiger partial charge in [-0.2, -0.15) is 8.78 Å². The van der Waals surface area contributed by atoms with Gasteiger partial charge < -0.3 is 14.4 Å². The van der Waals surface area contributed by atoms with Crippen molar-refractivity contribution in [3.63, 3.8) is 0 Å². The van der Waals surface area contributed by atoms with Gasteiger partial charge in [0.15, 0.2) is 0 Å². The summed E-state index contributed by atoms with van der Waals surface area (Å²) in [5.74, 6) is -0.139. The maximum absolute atomic E-state index is 12.5. The highest BCUT2D eigenvalue weighted by molar-refractivity contribution is 5.94. The van der Waals surface area contributed by atoms with Crippen LogP contribution in [0.2, 0.25) is 0 Å². The summed E-state index contributed by atoms with van der Waals surface area (Å²) in [4.78, 5) is 16.6. The zero-order chi connectivity index (χ0) is 16.9. The van der Waals surface area contributed by atoms with Crippen molar-refractivity contribution in [2.75, 3.05) is 39.3 Å². The molecular formula is C17H22F2N2O3. The summed E-state index contributed by atoms with van der Waals surface area (Å²) in [6.07, 6.45) is 2.55. The van der Waals surface area contributed by atoms with Crippen LogP contribution >= 0.6 is 0 Å². The minimum atomic E-state index is -2.89. The third-order valence-corrected chi connectivity index (χ3v) is 4.45. The van der Waals surface area contributed by atoms with Gasteiger partial charge in [0.25, 0.3) is 5.91 Å². The van der Waals surface area contributed by atoms with Gasteiger partial charge in [-0.3, -0.25) is 9.69 Å². The van der Waals surface area contributed by atoms with E-state index in [2.05, 4.69) is 9.64 Å². The lowest BCUT2D eigenvalue weighted by Gasteiger charge is -2.35. The number of alkyl halides is 2. The van der Waals surface area contributed by atoms with Crippen LogP contribution in [-0.4, -0.2) is 67.8 Å². The first kappa shape index (κ1) is 17.1. The molecule has 1 atom stereocenters. The van der Waals surface area contributed by atoms with Gasteiger partial charge in [-0.15, -0.1) is 0 Å². The maximum Gasteiger partial charge on any atom is 0.387 e. The van der Waals surface area contributed by atoms with Crippen molar-refractivity contribution in [1.82, 2.24) is 9.80 Å². The van der Waals surface area contributed by atoms with E-state index in [1.807, 2.05) is 0 Å². The van der Waals surface area contributed by atoms with E-state index in [0.29, 0.717) is 24.8 Å². The zero-order valence-corrected chi connectivity index (χ0v) is 13.5. The van der Waals surface area contributed by atoms with Crippen LogP contribution in [0, 0.1) is 0 Å². The highest BCUT2D eigenvalue weighted by atomic mass is 19.3. The Hall–Kier alpha value is -1.73. The van der Waals surface area contributed by atoms with Crippen molar-refractivity contribution in [2.24, 2.45) is 0 Å². The molecule has 0 radical (unpaired) electrons. The molecule has 1 aromatic rings. The molecule has 0 bridgehead atoms. The largest absolute Gasteiger partial charge is 0.435 e. The number of hydrogen-bond donors (Lipinski definition) is 0. The monoisotopic (exact) mass is 340 g/mol. The van der Waals surface area contributed by atoms with Gasteiger partial charge in [-0.05, 0) is 31.0 Å². The molecule has 1 amide bonds. The molecule has 0 N–H and O–H groups in total. The first-order valence-electron chi connectivity index (χ1n) is 8.30. The van der Waals surface area contributed by atoms with Crippen molar-refractivity contribution in [1.29, 1.82) is 0 Å². The number of ether oxygens (including phenoxy) is 2. The van der Waals surface area contributed by atoms with Crippen LogP contribution in [0.25, 0.3) is 0 Å². The molecule has 2 aliphatic rings. The molecule has 0 aromatic heterocycles. The molecule has 2 saturated heterocycles. The highest BCUT2D eigenvalue weighted by Gasteiger charge is 2.25. The topological polar surface area (TPSA) is 42.0 Å². The van der Waals surface area contributed by atoms with E-state index >= 15 is 0 Å². The van der Waals surface area contributed by atoms with Crippen molar-refractivity contribution in [3.05, 3.63) is 29.8 Å². The molecule has 0 spiro atoms. The van der Waals surface area contributed by atoms with Crippen LogP contribution in [0.1, 0.15) is 23.2 Å². The molecule has 2 aliphatic heterocycles. The first-order valence-corrected chi connectivity index (χ1v) is 8.30. The van der Waals surface area contributed by atoms with Crippen molar-refractivity contribution < 1.29 is 23.0 Å². The number of carbonyl (C=O) groups is 1. The van der Waals surface area contributed by atoms with Gasteiger partial charge in [0, 0.05) is 44.9 Å². The van der Waals surface area contributed by atoms with Crippen LogP contribution in [0.15, 0.2) is 24.3 Å². The van der Waals surface area contributed by atoms with Crippen molar-refractivity contribution in [2.45, 2.75) is 25.6 Å². The fourth-order valence-corrected chi connectivity index (χ4v) is 3.20. The summed E-state index contributed by atoms with van der Waals surface area (Å²) in [6, 6.07) is 5.97. The summed E-state index contributed by atoms with van der Waals surface area (Å²) in [5, 5.41) is 0. The number of rotatable bonds is 5. The number of hydrogen-bond acceptors (Lipinski definition) is 4. The fraction of sp³-hybridized carbons (Fsp3) is 0.588. The smallest absolute Gasteiger partial charge is 0.387 e. The molecule has 0 saturated carbocycles. The molecule has 2 fully saturated rings. The third kappa shape index (κ3) is 4.42. The van der Waals surface area contributed by atoms with Gasteiger partial charge in [-0.25, -0.2) is 0 Å². The Bertz CT molecular complexity index is 557. The highest BCUT2D eigenvalue weighted by Crippen LogP contribution is 2.19. The Labute approximate surface area is 140 Å². The Morgan fingerprint density at radius 2 is 2.08 bits per heavy atom. The van der Waals surface area contributed by atoms with E-state index in [4.69, 9.17) is 4.74 Å². The SMILES string of the molecule is O=C(c1cccc(OC(F)F)c1)N1CCN(CC2CCCO2)CC1. The number of nitrogens with zero attached hydrogens (tertiary/aromatic N) is 2. The van der Waals surface area contributed by atoms with Crippen molar-refractivity contribution in [3.8, 4) is 5.75 Å². The van der Waals surface area contributed by atoms with E-state index in [1.165, 1.54) is 12.1 Å². The predicted octanol–water partition coefficient (Wildman–Crippen LogP) is 2.22. The molecule has 3 rings (SSSR count). The fourth-order valence-electron chi connectivity index (χ4n) is 3.20. The van der Waals surface area contributed by atoms with E-state index in [9.17, 15) is 13.6 Å². The van der Waals surface area contributed by atoms with E-state index in [1.54, 1.807) is 17.0 Å². The van der Waals surface area contributed by atoms with Crippen LogP contribution in [-0.2, 0) is 4.74 Å². The number of carbonyl (C=O) groups excluding carboxylic acids is 1. The van der Waals surface area contributed by atoms with E-state index in [0.717, 1.165) is 39.1 Å². The summed E-state index contributed by atoms with van der Waals surface area (Å²) < 4.78 is 34.6. The average molecular weight is 340 g/mol. The van der Waals surface area contributed by atoms with E-state index < -0.39 is 6.61 Å². The second kappa shape index (κ2) is 7.90. The standard InChI is InChI=1S/C17H22F2N2O3/c18-17(19)24-14-4-1-3-13(11-14)16(22)21-8-6-20(7-9-21)12-15-5-2-10-23-15/h1,3-4,11,15,17H,2,5-10,12H2. The minimum Gasteiger partial charge on any atom is -0.435 e. The lowest BCUT2D eigenvalue weighted by atomic mass is 10.1. The summed E-state index contributed by atoms with van der Waals surface area (Å²) in [7, 11) is 0. The average Bonchev–Trinajstić information content (AvgIpc) is 3.07. The molecule has 132 valence electrons. The van der Waals surface area contributed by atoms with Gasteiger partial charge in [0.1, 0.15) is 5.75 Å². The van der Waals surface area contributed by atoms with E-state index in [-0.39, 0.29) is 11.7 Å². The quantitative estimate of drug-likeness (QED) is 0.824. The second-order valence-electron chi connectivity index (χ2n) is 6.13. The van der Waals surface area contributed by atoms with Gasteiger partial charge in [0.05, 0.1) is 6.10 Å². The zero-order valence-electron chi connectivity index (χ0n) is 13.5. The first-order chi connectivity index (χ1) is 11.6. The Balaban J connectivity index is 1.53. The number of amides is 1. The second-order valence-corrected chi connectivity index (χ2v) is 6.13. The van der Waals surface area contributed by atoms with Crippen LogP contribution < -0.4 is 4.74 Å². The Morgan fingerprint density at radius 1 is 1.29 bits per heavy atom.